The van der Waals surface area contributed by atoms with Gasteiger partial charge in [0.2, 0.25) is 0 Å². The highest BCUT2D eigenvalue weighted by Crippen LogP contribution is 2.19. The largest absolute Gasteiger partial charge is 0.448 e. The van der Waals surface area contributed by atoms with Gasteiger partial charge in [0.25, 0.3) is 5.91 Å². The number of esters is 1. The number of ketones is 1. The molecular weight excluding hydrogens is 317 g/mol. The van der Waals surface area contributed by atoms with Crippen molar-refractivity contribution in [1.82, 2.24) is 10.3 Å². The molecule has 0 bridgehead atoms. The number of carbonyl (C=O) groups is 3. The van der Waals surface area contributed by atoms with Crippen molar-refractivity contribution >= 4 is 17.7 Å². The maximum Gasteiger partial charge on any atom is 0.405 e. The van der Waals surface area contributed by atoms with Crippen molar-refractivity contribution in [2.45, 2.75) is 40.0 Å². The molecule has 0 radical (unpaired) electrons. The van der Waals surface area contributed by atoms with Crippen LogP contribution in [0.4, 0.5) is 13.2 Å². The SMILES string of the molecule is CC(=O)c1c(C)[nH]c(C(=O)O[C@@H](C)C(=O)NCC(F)(F)F)c1C. The number of amides is 1. The summed E-state index contributed by atoms with van der Waals surface area (Å²) in [5.41, 5.74) is 1.16. The molecule has 1 amide bonds. The van der Waals surface area contributed by atoms with Crippen LogP contribution in [0.5, 0.6) is 0 Å². The molecule has 128 valence electrons. The number of Topliss-reactive ketones (excluding diaryl/α,β-unsaturated/α-hetero) is 1. The first kappa shape index (κ1) is 18.7. The van der Waals surface area contributed by atoms with E-state index in [1.165, 1.54) is 13.8 Å². The second-order valence-corrected chi connectivity index (χ2v) is 5.06. The predicted molar refractivity (Wildman–Crippen MR) is 74.2 cm³/mol. The molecule has 0 aliphatic heterocycles. The van der Waals surface area contributed by atoms with Gasteiger partial charge in [-0.25, -0.2) is 4.79 Å². The topological polar surface area (TPSA) is 88.3 Å². The molecule has 1 heterocycles. The van der Waals surface area contributed by atoms with Crippen LogP contribution in [0.1, 0.15) is 46.0 Å². The number of aromatic amines is 1. The van der Waals surface area contributed by atoms with Gasteiger partial charge >= 0.3 is 12.1 Å². The van der Waals surface area contributed by atoms with E-state index in [2.05, 4.69) is 4.98 Å². The van der Waals surface area contributed by atoms with Crippen LogP contribution in [0.25, 0.3) is 0 Å². The summed E-state index contributed by atoms with van der Waals surface area (Å²) in [4.78, 5) is 37.6. The van der Waals surface area contributed by atoms with Crippen LogP contribution in [-0.4, -0.2) is 41.5 Å². The monoisotopic (exact) mass is 334 g/mol. The molecule has 1 aromatic rings. The third kappa shape index (κ3) is 4.83. The number of hydrogen-bond donors (Lipinski definition) is 2. The number of H-pyrrole nitrogens is 1. The second-order valence-electron chi connectivity index (χ2n) is 5.06. The zero-order chi connectivity index (χ0) is 17.9. The van der Waals surface area contributed by atoms with Crippen molar-refractivity contribution in [3.8, 4) is 0 Å². The number of nitrogens with one attached hydrogen (secondary N) is 2. The van der Waals surface area contributed by atoms with E-state index in [0.717, 1.165) is 6.92 Å². The van der Waals surface area contributed by atoms with Crippen molar-refractivity contribution in [1.29, 1.82) is 0 Å². The van der Waals surface area contributed by atoms with E-state index >= 15 is 0 Å². The number of rotatable bonds is 5. The number of hydrogen-bond acceptors (Lipinski definition) is 4. The zero-order valence-electron chi connectivity index (χ0n) is 13.1. The Kier molecular flexibility index (Phi) is 5.57. The number of carbonyl (C=O) groups excluding carboxylic acids is 3. The maximum atomic E-state index is 12.0. The quantitative estimate of drug-likeness (QED) is 0.637. The van der Waals surface area contributed by atoms with Crippen LogP contribution in [0.15, 0.2) is 0 Å². The molecule has 0 aliphatic carbocycles. The molecule has 6 nitrogen and oxygen atoms in total. The van der Waals surface area contributed by atoms with Gasteiger partial charge in [0.05, 0.1) is 0 Å². The van der Waals surface area contributed by atoms with Crippen molar-refractivity contribution < 1.29 is 32.3 Å². The van der Waals surface area contributed by atoms with Gasteiger partial charge in [-0.05, 0) is 33.3 Å². The third-order valence-corrected chi connectivity index (χ3v) is 3.11. The fourth-order valence-corrected chi connectivity index (χ4v) is 2.09. The number of ether oxygens (including phenoxy) is 1. The predicted octanol–water partition coefficient (Wildman–Crippen LogP) is 2.06. The fraction of sp³-hybridized carbons (Fsp3) is 0.500. The molecule has 2 N–H and O–H groups in total. The minimum Gasteiger partial charge on any atom is -0.448 e. The van der Waals surface area contributed by atoms with E-state index in [1.54, 1.807) is 12.2 Å². The minimum absolute atomic E-state index is 0.0110. The first-order valence-electron chi connectivity index (χ1n) is 6.69. The fourth-order valence-electron chi connectivity index (χ4n) is 2.09. The average molecular weight is 334 g/mol. The van der Waals surface area contributed by atoms with Gasteiger partial charge in [0.1, 0.15) is 12.2 Å². The standard InChI is InChI=1S/C14H17F3N2O4/c1-6-10(8(3)20)7(2)19-11(6)13(22)23-9(4)12(21)18-5-14(15,16)17/h9,19H,5H2,1-4H3,(H,18,21)/t9-/m0/s1. The van der Waals surface area contributed by atoms with Gasteiger partial charge in [0, 0.05) is 11.3 Å². The molecule has 1 aromatic heterocycles. The minimum atomic E-state index is -4.55. The molecule has 0 spiro atoms. The summed E-state index contributed by atoms with van der Waals surface area (Å²) in [6.07, 6.45) is -5.96. The molecule has 0 unspecified atom stereocenters. The third-order valence-electron chi connectivity index (χ3n) is 3.11. The molecule has 0 aliphatic rings. The maximum absolute atomic E-state index is 12.0. The van der Waals surface area contributed by atoms with E-state index in [1.807, 2.05) is 0 Å². The normalized spacial score (nSPS) is 12.7. The lowest BCUT2D eigenvalue weighted by Gasteiger charge is -2.14. The molecule has 0 fully saturated rings. The van der Waals surface area contributed by atoms with Crippen molar-refractivity contribution in [2.75, 3.05) is 6.54 Å². The lowest BCUT2D eigenvalue weighted by Crippen LogP contribution is -2.40. The molecular formula is C14H17F3N2O4. The molecule has 0 aromatic carbocycles. The first-order valence-corrected chi connectivity index (χ1v) is 6.69. The van der Waals surface area contributed by atoms with Crippen LogP contribution in [0.2, 0.25) is 0 Å². The number of aryl methyl sites for hydroxylation is 1. The van der Waals surface area contributed by atoms with E-state index < -0.39 is 30.7 Å². The molecule has 0 saturated carbocycles. The average Bonchev–Trinajstić information content (AvgIpc) is 2.70. The lowest BCUT2D eigenvalue weighted by molar-refractivity contribution is -0.143. The van der Waals surface area contributed by atoms with Gasteiger partial charge in [0.15, 0.2) is 11.9 Å². The summed E-state index contributed by atoms with van der Waals surface area (Å²) >= 11 is 0. The second kappa shape index (κ2) is 6.84. The molecule has 1 atom stereocenters. The Hall–Kier alpha value is -2.32. The molecule has 9 heteroatoms. The Morgan fingerprint density at radius 3 is 2.26 bits per heavy atom. The van der Waals surface area contributed by atoms with Crippen LogP contribution in [-0.2, 0) is 9.53 Å². The summed E-state index contributed by atoms with van der Waals surface area (Å²) in [5.74, 6) is -2.23. The molecule has 23 heavy (non-hydrogen) atoms. The summed E-state index contributed by atoms with van der Waals surface area (Å²) in [5, 5.41) is 1.62. The van der Waals surface area contributed by atoms with Crippen molar-refractivity contribution in [3.63, 3.8) is 0 Å². The number of aromatic nitrogens is 1. The van der Waals surface area contributed by atoms with Crippen LogP contribution >= 0.6 is 0 Å². The van der Waals surface area contributed by atoms with Crippen LogP contribution in [0, 0.1) is 13.8 Å². The molecule has 0 saturated heterocycles. The summed E-state index contributed by atoms with van der Waals surface area (Å²) in [6.45, 7) is 4.11. The van der Waals surface area contributed by atoms with Crippen LogP contribution in [0.3, 0.4) is 0 Å². The Labute approximate surface area is 130 Å². The Bertz CT molecular complexity index is 635. The first-order chi connectivity index (χ1) is 10.4. The van der Waals surface area contributed by atoms with E-state index in [9.17, 15) is 27.6 Å². The summed E-state index contributed by atoms with van der Waals surface area (Å²) in [6, 6.07) is 0. The Balaban J connectivity index is 2.78. The van der Waals surface area contributed by atoms with E-state index in [4.69, 9.17) is 4.74 Å². The van der Waals surface area contributed by atoms with Crippen molar-refractivity contribution in [2.24, 2.45) is 0 Å². The lowest BCUT2D eigenvalue weighted by atomic mass is 10.1. The van der Waals surface area contributed by atoms with E-state index in [0.29, 0.717) is 16.8 Å². The molecule has 1 rings (SSSR count). The van der Waals surface area contributed by atoms with Crippen LogP contribution < -0.4 is 5.32 Å². The summed E-state index contributed by atoms with van der Waals surface area (Å²) in [7, 11) is 0. The zero-order valence-corrected chi connectivity index (χ0v) is 13.1. The van der Waals surface area contributed by atoms with Gasteiger partial charge in [-0.2, -0.15) is 13.2 Å². The smallest absolute Gasteiger partial charge is 0.405 e. The van der Waals surface area contributed by atoms with E-state index in [-0.39, 0.29) is 11.5 Å². The Morgan fingerprint density at radius 1 is 1.26 bits per heavy atom. The highest BCUT2D eigenvalue weighted by Gasteiger charge is 2.30. The number of alkyl halides is 3. The highest BCUT2D eigenvalue weighted by atomic mass is 19.4. The van der Waals surface area contributed by atoms with Gasteiger partial charge in [-0.1, -0.05) is 0 Å². The summed E-state index contributed by atoms with van der Waals surface area (Å²) < 4.78 is 40.9. The van der Waals surface area contributed by atoms with Gasteiger partial charge in [-0.15, -0.1) is 0 Å². The Morgan fingerprint density at radius 2 is 1.83 bits per heavy atom. The highest BCUT2D eigenvalue weighted by molar-refractivity contribution is 6.01. The number of halogens is 3. The van der Waals surface area contributed by atoms with Gasteiger partial charge < -0.3 is 15.0 Å². The van der Waals surface area contributed by atoms with Gasteiger partial charge in [-0.3, -0.25) is 9.59 Å². The van der Waals surface area contributed by atoms with Crippen molar-refractivity contribution in [3.05, 3.63) is 22.5 Å².